The molecule has 4 fully saturated rings. The van der Waals surface area contributed by atoms with Crippen LogP contribution in [0.1, 0.15) is 96.2 Å². The Bertz CT molecular complexity index is 1410. The first-order chi connectivity index (χ1) is 19.6. The van der Waals surface area contributed by atoms with Gasteiger partial charge in [0.2, 0.25) is 5.60 Å². The second-order valence-corrected chi connectivity index (χ2v) is 13.2. The summed E-state index contributed by atoms with van der Waals surface area (Å²) in [6, 6.07) is 8.82. The molecule has 0 spiro atoms. The highest BCUT2D eigenvalue weighted by Crippen LogP contribution is 2.47. The van der Waals surface area contributed by atoms with Crippen molar-refractivity contribution in [2.75, 3.05) is 0 Å². The Morgan fingerprint density at radius 2 is 1.59 bits per heavy atom. The lowest BCUT2D eigenvalue weighted by molar-refractivity contribution is -0.161. The average Bonchev–Trinajstić information content (AvgIpc) is 2.92. The number of piperidine rings is 2. The van der Waals surface area contributed by atoms with E-state index in [1.165, 1.54) is 58.8 Å². The highest BCUT2D eigenvalue weighted by molar-refractivity contribution is 6.44. The summed E-state index contributed by atoms with van der Waals surface area (Å²) in [4.78, 5) is 50.7. The number of rotatable bonds is 7. The molecule has 10 nitrogen and oxygen atoms in total. The van der Waals surface area contributed by atoms with Crippen molar-refractivity contribution in [2.24, 2.45) is 22.7 Å². The third kappa shape index (κ3) is 5.27. The van der Waals surface area contributed by atoms with Crippen LogP contribution in [0.25, 0.3) is 11.0 Å². The van der Waals surface area contributed by atoms with Gasteiger partial charge in [0.25, 0.3) is 11.5 Å². The highest BCUT2D eigenvalue weighted by Gasteiger charge is 2.45. The Balaban J connectivity index is 1.37. The summed E-state index contributed by atoms with van der Waals surface area (Å²) in [5.74, 6) is -0.554. The normalized spacial score (nSPS) is 30.6. The van der Waals surface area contributed by atoms with Gasteiger partial charge in [-0.25, -0.2) is 9.78 Å². The van der Waals surface area contributed by atoms with Gasteiger partial charge in [0.15, 0.2) is 11.4 Å². The number of hydrogen-bond acceptors (Lipinski definition) is 7. The quantitative estimate of drug-likeness (QED) is 0.383. The largest absolute Gasteiger partial charge is 0.478 e. The number of primary amides is 1. The van der Waals surface area contributed by atoms with Gasteiger partial charge in [-0.15, -0.1) is 0 Å². The number of nitrogens with two attached hydrogens (primary N) is 1. The van der Waals surface area contributed by atoms with Crippen LogP contribution >= 0.6 is 0 Å². The zero-order valence-electron chi connectivity index (χ0n) is 24.0. The number of hydrogen-bond donors (Lipinski definition) is 2. The zero-order chi connectivity index (χ0) is 28.9. The van der Waals surface area contributed by atoms with Crippen molar-refractivity contribution in [1.82, 2.24) is 14.5 Å². The van der Waals surface area contributed by atoms with Crippen molar-refractivity contribution < 1.29 is 19.5 Å². The number of aromatic nitrogens is 2. The standard InChI is InChI=1S/C31H41N5O5/c1-31(2,30(39)40)41-34-26(28(32)37)27-29(38)36(25-12-4-3-11-24(25)33-27)23-16-20-9-6-10-21(17-23)35(20)22-14-18-7-5-8-19(13-18)15-22/h3-4,11-12,18-23H,5-10,13-17H2,1-2H3,(H2,32,37)(H,39,40)/t18?,19?,20-,21+,22?,23+. The number of amides is 1. The Labute approximate surface area is 239 Å². The van der Waals surface area contributed by atoms with E-state index in [0.29, 0.717) is 29.2 Å². The lowest BCUT2D eigenvalue weighted by Crippen LogP contribution is -2.58. The first-order valence-corrected chi connectivity index (χ1v) is 15.2. The predicted octanol–water partition coefficient (Wildman–Crippen LogP) is 3.99. The van der Waals surface area contributed by atoms with E-state index in [4.69, 9.17) is 10.6 Å². The van der Waals surface area contributed by atoms with E-state index in [1.54, 1.807) is 10.6 Å². The average molecular weight is 564 g/mol. The molecular formula is C31H41N5O5. The van der Waals surface area contributed by atoms with E-state index in [0.717, 1.165) is 37.5 Å². The molecule has 3 N–H and O–H groups in total. The monoisotopic (exact) mass is 563 g/mol. The molecule has 2 aliphatic carbocycles. The highest BCUT2D eigenvalue weighted by atomic mass is 16.7. The predicted molar refractivity (Wildman–Crippen MR) is 155 cm³/mol. The topological polar surface area (TPSA) is 140 Å². The zero-order valence-corrected chi connectivity index (χ0v) is 24.0. The molecule has 3 heterocycles. The van der Waals surface area contributed by atoms with Crippen molar-refractivity contribution in [3.05, 3.63) is 40.3 Å². The number of oxime groups is 1. The van der Waals surface area contributed by atoms with E-state index in [2.05, 4.69) is 15.0 Å². The first-order valence-electron chi connectivity index (χ1n) is 15.2. The fourth-order valence-electron chi connectivity index (χ4n) is 8.21. The van der Waals surface area contributed by atoms with Crippen molar-refractivity contribution in [1.29, 1.82) is 0 Å². The number of carbonyl (C=O) groups excluding carboxylic acids is 1. The van der Waals surface area contributed by atoms with Crippen LogP contribution in [0, 0.1) is 11.8 Å². The van der Waals surface area contributed by atoms with Crippen molar-refractivity contribution in [3.8, 4) is 0 Å². The third-order valence-corrected chi connectivity index (χ3v) is 10.0. The van der Waals surface area contributed by atoms with Gasteiger partial charge in [0.05, 0.1) is 11.0 Å². The maximum Gasteiger partial charge on any atom is 0.350 e. The van der Waals surface area contributed by atoms with Crippen molar-refractivity contribution >= 4 is 28.6 Å². The van der Waals surface area contributed by atoms with Crippen LogP contribution in [0.3, 0.4) is 0 Å². The lowest BCUT2D eigenvalue weighted by Gasteiger charge is -2.55. The molecule has 2 saturated heterocycles. The van der Waals surface area contributed by atoms with Crippen LogP contribution in [0.5, 0.6) is 0 Å². The Morgan fingerprint density at radius 1 is 0.951 bits per heavy atom. The maximum atomic E-state index is 14.1. The molecule has 1 aromatic heterocycles. The molecule has 0 radical (unpaired) electrons. The molecule has 2 saturated carbocycles. The minimum absolute atomic E-state index is 0.0608. The Kier molecular flexibility index (Phi) is 7.38. The van der Waals surface area contributed by atoms with Crippen LogP contribution < -0.4 is 11.3 Å². The number of para-hydroxylation sites is 2. The molecule has 5 atom stereocenters. The van der Waals surface area contributed by atoms with Gasteiger partial charge in [-0.3, -0.25) is 14.5 Å². The third-order valence-electron chi connectivity index (χ3n) is 10.0. The van der Waals surface area contributed by atoms with E-state index < -0.39 is 28.7 Å². The number of carbonyl (C=O) groups is 2. The van der Waals surface area contributed by atoms with E-state index in [-0.39, 0.29) is 11.7 Å². The molecule has 2 aliphatic heterocycles. The molecule has 1 amide bonds. The second kappa shape index (κ2) is 10.9. The fourth-order valence-corrected chi connectivity index (χ4v) is 8.21. The minimum atomic E-state index is -1.72. The molecule has 4 bridgehead atoms. The summed E-state index contributed by atoms with van der Waals surface area (Å²) >= 11 is 0. The summed E-state index contributed by atoms with van der Waals surface area (Å²) in [6.45, 7) is 2.60. The second-order valence-electron chi connectivity index (χ2n) is 13.2. The molecule has 10 heteroatoms. The number of carboxylic acids is 1. The number of benzene rings is 1. The van der Waals surface area contributed by atoms with Crippen LogP contribution in [0.4, 0.5) is 0 Å². The number of fused-ring (bicyclic) bond motifs is 5. The fraction of sp³-hybridized carbons (Fsp3) is 0.645. The van der Waals surface area contributed by atoms with Gasteiger partial charge >= 0.3 is 5.97 Å². The Morgan fingerprint density at radius 3 is 2.22 bits per heavy atom. The molecule has 2 unspecified atom stereocenters. The summed E-state index contributed by atoms with van der Waals surface area (Å²) in [5, 5.41) is 13.2. The van der Waals surface area contributed by atoms with Gasteiger partial charge in [0, 0.05) is 24.2 Å². The van der Waals surface area contributed by atoms with Crippen molar-refractivity contribution in [3.63, 3.8) is 0 Å². The molecule has 220 valence electrons. The number of nitrogens with zero attached hydrogens (tertiary/aromatic N) is 4. The van der Waals surface area contributed by atoms with Crippen LogP contribution in [-0.4, -0.2) is 60.9 Å². The smallest absolute Gasteiger partial charge is 0.350 e. The summed E-state index contributed by atoms with van der Waals surface area (Å²) in [5.41, 5.74) is 4.01. The van der Waals surface area contributed by atoms with Crippen LogP contribution in [0.15, 0.2) is 34.2 Å². The molecule has 41 heavy (non-hydrogen) atoms. The van der Waals surface area contributed by atoms with Gasteiger partial charge < -0.3 is 20.2 Å². The van der Waals surface area contributed by atoms with Crippen LogP contribution in [0.2, 0.25) is 0 Å². The minimum Gasteiger partial charge on any atom is -0.478 e. The van der Waals surface area contributed by atoms with E-state index in [9.17, 15) is 19.5 Å². The lowest BCUT2D eigenvalue weighted by atomic mass is 9.68. The molecule has 6 rings (SSSR count). The van der Waals surface area contributed by atoms with E-state index >= 15 is 0 Å². The van der Waals surface area contributed by atoms with Crippen LogP contribution in [-0.2, 0) is 14.4 Å². The summed E-state index contributed by atoms with van der Waals surface area (Å²) in [6.07, 6.45) is 13.4. The SMILES string of the molecule is CC(C)(ON=C(C(N)=O)c1nc2ccccc2n([C@H]2C[C@H]3CCC[C@@H](C2)N3C2CC3CCCC(C3)C2)c1=O)C(=O)O. The molecule has 2 aromatic rings. The van der Waals surface area contributed by atoms with Crippen molar-refractivity contribution in [2.45, 2.75) is 114 Å². The first kappa shape index (κ1) is 27.9. The number of carboxylic acid groups (broad SMARTS) is 1. The number of aliphatic carboxylic acids is 1. The molecule has 1 aromatic carbocycles. The summed E-state index contributed by atoms with van der Waals surface area (Å²) in [7, 11) is 0. The van der Waals surface area contributed by atoms with Gasteiger partial charge in [0.1, 0.15) is 0 Å². The van der Waals surface area contributed by atoms with Gasteiger partial charge in [-0.05, 0) is 82.8 Å². The summed E-state index contributed by atoms with van der Waals surface area (Å²) < 4.78 is 1.79. The molecule has 4 aliphatic rings. The van der Waals surface area contributed by atoms with Gasteiger partial charge in [-0.1, -0.05) is 43.0 Å². The van der Waals surface area contributed by atoms with E-state index in [1.807, 2.05) is 18.2 Å². The van der Waals surface area contributed by atoms with Gasteiger partial charge in [-0.2, -0.15) is 0 Å². The maximum absolute atomic E-state index is 14.1. The molecular weight excluding hydrogens is 522 g/mol. The Hall–Kier alpha value is -3.27.